The molecule has 5 nitrogen and oxygen atoms in total. The number of rotatable bonds is 7. The van der Waals surface area contributed by atoms with Crippen molar-refractivity contribution in [2.24, 2.45) is 0 Å². The first-order valence-electron chi connectivity index (χ1n) is 8.34. The summed E-state index contributed by atoms with van der Waals surface area (Å²) in [6.07, 6.45) is -3.13. The van der Waals surface area contributed by atoms with Crippen LogP contribution >= 0.6 is 0 Å². The minimum atomic E-state index is -4.73. The van der Waals surface area contributed by atoms with Gasteiger partial charge in [0.2, 0.25) is 5.88 Å². The van der Waals surface area contributed by atoms with Crippen LogP contribution in [0, 0.1) is 6.92 Å². The van der Waals surface area contributed by atoms with Gasteiger partial charge in [0.1, 0.15) is 11.4 Å². The summed E-state index contributed by atoms with van der Waals surface area (Å²) in [7, 11) is 1.49. The Balaban J connectivity index is 2.47. The highest BCUT2D eigenvalue weighted by Crippen LogP contribution is 2.34. The van der Waals surface area contributed by atoms with E-state index in [4.69, 9.17) is 4.74 Å². The molecular weight excluding hydrogens is 347 g/mol. The summed E-state index contributed by atoms with van der Waals surface area (Å²) in [5, 5.41) is 3.22. The maximum Gasteiger partial charge on any atom is 0.573 e. The quantitative estimate of drug-likeness (QED) is 0.764. The minimum Gasteiger partial charge on any atom is -0.479 e. The molecule has 8 heteroatoms. The predicted molar refractivity (Wildman–Crippen MR) is 93.6 cm³/mol. The van der Waals surface area contributed by atoms with E-state index in [2.05, 4.69) is 20.0 Å². The van der Waals surface area contributed by atoms with Gasteiger partial charge >= 0.3 is 6.36 Å². The van der Waals surface area contributed by atoms with Gasteiger partial charge in [-0.25, -0.2) is 4.98 Å². The van der Waals surface area contributed by atoms with E-state index in [-0.39, 0.29) is 5.75 Å². The fourth-order valence-electron chi connectivity index (χ4n) is 2.50. The van der Waals surface area contributed by atoms with Crippen molar-refractivity contribution in [3.8, 4) is 22.9 Å². The predicted octanol–water partition coefficient (Wildman–Crippen LogP) is 4.74. The molecule has 1 aromatic heterocycles. The molecule has 1 N–H and O–H groups in total. The molecule has 2 rings (SSSR count). The van der Waals surface area contributed by atoms with Gasteiger partial charge in [0.15, 0.2) is 5.82 Å². The first-order chi connectivity index (χ1) is 12.3. The molecule has 0 atom stereocenters. The molecule has 0 fully saturated rings. The third kappa shape index (κ3) is 4.77. The molecule has 0 amide bonds. The van der Waals surface area contributed by atoms with Crippen molar-refractivity contribution in [3.63, 3.8) is 0 Å². The number of benzene rings is 1. The highest BCUT2D eigenvalue weighted by Gasteiger charge is 2.31. The number of alkyl halides is 3. The zero-order chi connectivity index (χ0) is 19.3. The van der Waals surface area contributed by atoms with Crippen LogP contribution in [0.2, 0.25) is 0 Å². The average molecular weight is 369 g/mol. The molecule has 0 saturated heterocycles. The molecule has 0 radical (unpaired) electrons. The van der Waals surface area contributed by atoms with E-state index in [1.807, 2.05) is 13.8 Å². The average Bonchev–Trinajstić information content (AvgIpc) is 2.58. The van der Waals surface area contributed by atoms with Crippen molar-refractivity contribution in [1.29, 1.82) is 0 Å². The number of nitrogens with one attached hydrogen (secondary N) is 1. The lowest BCUT2D eigenvalue weighted by Gasteiger charge is -2.16. The number of ether oxygens (including phenoxy) is 2. The van der Waals surface area contributed by atoms with Crippen LogP contribution in [-0.4, -0.2) is 30.0 Å². The fraction of sp³-hybridized carbons (Fsp3) is 0.444. The number of halogens is 3. The van der Waals surface area contributed by atoms with Gasteiger partial charge < -0.3 is 14.8 Å². The van der Waals surface area contributed by atoms with Crippen LogP contribution in [0.4, 0.5) is 19.0 Å². The number of anilines is 1. The summed E-state index contributed by atoms with van der Waals surface area (Å²) in [6, 6.07) is 4.10. The Kier molecular flexibility index (Phi) is 6.28. The van der Waals surface area contributed by atoms with Gasteiger partial charge in [0, 0.05) is 12.1 Å². The van der Waals surface area contributed by atoms with Crippen LogP contribution in [-0.2, 0) is 6.42 Å². The second-order valence-electron chi connectivity index (χ2n) is 5.68. The molecule has 0 saturated carbocycles. The topological polar surface area (TPSA) is 56.3 Å². The lowest BCUT2D eigenvalue weighted by Crippen LogP contribution is -2.17. The largest absolute Gasteiger partial charge is 0.573 e. The number of nitrogens with zero attached hydrogens (tertiary/aromatic N) is 2. The number of aromatic nitrogens is 2. The van der Waals surface area contributed by atoms with Crippen molar-refractivity contribution >= 4 is 5.82 Å². The number of hydrogen-bond donors (Lipinski definition) is 1. The summed E-state index contributed by atoms with van der Waals surface area (Å²) < 4.78 is 46.5. The molecule has 0 aliphatic carbocycles. The van der Waals surface area contributed by atoms with Gasteiger partial charge in [-0.15, -0.1) is 13.2 Å². The highest BCUT2D eigenvalue weighted by atomic mass is 19.4. The van der Waals surface area contributed by atoms with Gasteiger partial charge in [-0.1, -0.05) is 13.8 Å². The van der Waals surface area contributed by atoms with Crippen LogP contribution in [0.5, 0.6) is 11.6 Å². The molecule has 1 aromatic carbocycles. The zero-order valence-corrected chi connectivity index (χ0v) is 15.2. The molecule has 0 aliphatic heterocycles. The smallest absolute Gasteiger partial charge is 0.479 e. The Bertz CT molecular complexity index is 764. The van der Waals surface area contributed by atoms with Crippen LogP contribution in [0.25, 0.3) is 11.3 Å². The lowest BCUT2D eigenvalue weighted by molar-refractivity contribution is -0.274. The summed E-state index contributed by atoms with van der Waals surface area (Å²) in [6.45, 7) is 6.46. The molecule has 0 bridgehead atoms. The Hall–Kier alpha value is -2.51. The summed E-state index contributed by atoms with van der Waals surface area (Å²) in [4.78, 5) is 9.13. The first-order valence-corrected chi connectivity index (χ1v) is 8.34. The van der Waals surface area contributed by atoms with Crippen LogP contribution < -0.4 is 14.8 Å². The van der Waals surface area contributed by atoms with E-state index in [9.17, 15) is 13.2 Å². The van der Waals surface area contributed by atoms with Gasteiger partial charge in [-0.05, 0) is 43.5 Å². The molecule has 0 spiro atoms. The summed E-state index contributed by atoms with van der Waals surface area (Å²) in [5.41, 5.74) is 2.48. The molecular formula is C18H22F3N3O2. The van der Waals surface area contributed by atoms with Gasteiger partial charge in [0.25, 0.3) is 0 Å². The van der Waals surface area contributed by atoms with Crippen molar-refractivity contribution in [2.75, 3.05) is 19.0 Å². The van der Waals surface area contributed by atoms with Gasteiger partial charge in [-0.3, -0.25) is 0 Å². The van der Waals surface area contributed by atoms with E-state index in [1.165, 1.54) is 25.3 Å². The molecule has 2 aromatic rings. The molecule has 1 heterocycles. The van der Waals surface area contributed by atoms with E-state index >= 15 is 0 Å². The summed E-state index contributed by atoms with van der Waals surface area (Å²) in [5.74, 6) is 0.695. The molecule has 142 valence electrons. The normalized spacial score (nSPS) is 11.3. The second-order valence-corrected chi connectivity index (χ2v) is 5.68. The van der Waals surface area contributed by atoms with Crippen molar-refractivity contribution in [3.05, 3.63) is 29.5 Å². The van der Waals surface area contributed by atoms with E-state index < -0.39 is 6.36 Å². The first kappa shape index (κ1) is 19.8. The Morgan fingerprint density at radius 3 is 2.42 bits per heavy atom. The molecule has 0 unspecified atom stereocenters. The summed E-state index contributed by atoms with van der Waals surface area (Å²) >= 11 is 0. The Labute approximate surface area is 150 Å². The third-order valence-electron chi connectivity index (χ3n) is 3.69. The maximum atomic E-state index is 12.4. The van der Waals surface area contributed by atoms with Crippen LogP contribution in [0.15, 0.2) is 18.2 Å². The lowest BCUT2D eigenvalue weighted by atomic mass is 10.0. The maximum absolute atomic E-state index is 12.4. The SMILES string of the molecule is CCCNc1nc(OC)c(-c2ccc(OC(F)(F)F)cc2C)nc1CC. The number of aryl methyl sites for hydroxylation is 2. The zero-order valence-electron chi connectivity index (χ0n) is 15.2. The Morgan fingerprint density at radius 1 is 1.15 bits per heavy atom. The van der Waals surface area contributed by atoms with Crippen molar-refractivity contribution in [2.45, 2.75) is 40.0 Å². The fourth-order valence-corrected chi connectivity index (χ4v) is 2.50. The third-order valence-corrected chi connectivity index (χ3v) is 3.69. The molecule has 26 heavy (non-hydrogen) atoms. The monoisotopic (exact) mass is 369 g/mol. The van der Waals surface area contributed by atoms with E-state index in [1.54, 1.807) is 6.92 Å². The van der Waals surface area contributed by atoms with Crippen LogP contribution in [0.3, 0.4) is 0 Å². The number of hydrogen-bond acceptors (Lipinski definition) is 5. The minimum absolute atomic E-state index is 0.275. The van der Waals surface area contributed by atoms with Crippen molar-refractivity contribution in [1.82, 2.24) is 9.97 Å². The molecule has 0 aliphatic rings. The standard InChI is InChI=1S/C18H22F3N3O2/c1-5-9-22-16-14(6-2)23-15(17(24-16)25-4)13-8-7-12(10-11(13)3)26-18(19,20)21/h7-8,10H,5-6,9H2,1-4H3,(H,22,24). The Morgan fingerprint density at radius 2 is 1.88 bits per heavy atom. The van der Waals surface area contributed by atoms with Gasteiger partial charge in [0.05, 0.1) is 12.8 Å². The van der Waals surface area contributed by atoms with E-state index in [0.29, 0.717) is 34.9 Å². The van der Waals surface area contributed by atoms with E-state index in [0.717, 1.165) is 18.7 Å². The van der Waals surface area contributed by atoms with Gasteiger partial charge in [-0.2, -0.15) is 4.98 Å². The number of methoxy groups -OCH3 is 1. The van der Waals surface area contributed by atoms with Crippen LogP contribution in [0.1, 0.15) is 31.5 Å². The second kappa shape index (κ2) is 8.25. The highest BCUT2D eigenvalue weighted by molar-refractivity contribution is 5.70. The van der Waals surface area contributed by atoms with Crippen molar-refractivity contribution < 1.29 is 22.6 Å².